The zero-order chi connectivity index (χ0) is 21.2. The molecule has 3 aromatic carbocycles. The fourth-order valence-corrected chi connectivity index (χ4v) is 3.69. The van der Waals surface area contributed by atoms with Gasteiger partial charge in [0.25, 0.3) is 0 Å². The van der Waals surface area contributed by atoms with E-state index < -0.39 is 0 Å². The molecule has 0 atom stereocenters. The zero-order valence-electron chi connectivity index (χ0n) is 17.2. The van der Waals surface area contributed by atoms with Crippen molar-refractivity contribution in [1.29, 1.82) is 0 Å². The van der Waals surface area contributed by atoms with E-state index in [4.69, 9.17) is 13.7 Å². The Balaban J connectivity index is 1.53. The number of nitrogens with zero attached hydrogens (tertiary/aromatic N) is 2. The number of oxazole rings is 1. The summed E-state index contributed by atoms with van der Waals surface area (Å²) in [4.78, 5) is 5.52. The van der Waals surface area contributed by atoms with Gasteiger partial charge in [-0.1, -0.05) is 61.2 Å². The molecule has 5 heteroatoms. The Bertz CT molecular complexity index is 1540. The summed E-state index contributed by atoms with van der Waals surface area (Å²) >= 11 is 0. The molecular weight excluding hydrogens is 388 g/mol. The van der Waals surface area contributed by atoms with Gasteiger partial charge in [0.1, 0.15) is 17.8 Å². The topological polar surface area (TPSA) is 52.8 Å². The van der Waals surface area contributed by atoms with Gasteiger partial charge >= 0.3 is 5.68 Å². The molecule has 0 unspecified atom stereocenters. The molecule has 5 nitrogen and oxygen atoms in total. The molecule has 0 aliphatic carbocycles. The highest BCUT2D eigenvalue weighted by molar-refractivity contribution is 6.05. The van der Waals surface area contributed by atoms with Gasteiger partial charge in [-0.25, -0.2) is 0 Å². The van der Waals surface area contributed by atoms with E-state index in [1.165, 1.54) is 0 Å². The summed E-state index contributed by atoms with van der Waals surface area (Å²) in [5, 5.41) is 7.11. The predicted octanol–water partition coefficient (Wildman–Crippen LogP) is 4.27. The van der Waals surface area contributed by atoms with Gasteiger partial charge in [0.2, 0.25) is 0 Å². The van der Waals surface area contributed by atoms with Crippen LogP contribution >= 0.6 is 0 Å². The number of benzene rings is 3. The molecule has 0 aliphatic rings. The van der Waals surface area contributed by atoms with Crippen molar-refractivity contribution in [3.8, 4) is 0 Å². The first-order valence-corrected chi connectivity index (χ1v) is 10.2. The van der Waals surface area contributed by atoms with Crippen molar-refractivity contribution in [3.05, 3.63) is 100 Å². The lowest BCUT2D eigenvalue weighted by atomic mass is 10.1. The Morgan fingerprint density at radius 1 is 0.935 bits per heavy atom. The second kappa shape index (κ2) is 8.03. The smallest absolute Gasteiger partial charge is 0.336 e. The van der Waals surface area contributed by atoms with E-state index in [2.05, 4.69) is 23.9 Å². The third kappa shape index (κ3) is 3.66. The van der Waals surface area contributed by atoms with E-state index in [-0.39, 0.29) is 0 Å². The van der Waals surface area contributed by atoms with Crippen molar-refractivity contribution in [3.63, 3.8) is 0 Å². The van der Waals surface area contributed by atoms with Crippen LogP contribution in [-0.4, -0.2) is 4.57 Å². The third-order valence-corrected chi connectivity index (χ3v) is 5.27. The van der Waals surface area contributed by atoms with Crippen molar-refractivity contribution in [2.45, 2.75) is 20.1 Å². The van der Waals surface area contributed by atoms with Crippen molar-refractivity contribution < 1.29 is 13.7 Å². The third-order valence-electron chi connectivity index (χ3n) is 5.27. The molecule has 154 valence electrons. The molecule has 0 bridgehead atoms. The first-order valence-electron chi connectivity index (χ1n) is 10.2. The van der Waals surface area contributed by atoms with Gasteiger partial charge in [0.05, 0.1) is 5.35 Å². The molecule has 2 heterocycles. The second-order valence-corrected chi connectivity index (χ2v) is 7.29. The van der Waals surface area contributed by atoms with Crippen LogP contribution in [0.3, 0.4) is 0 Å². The minimum Gasteiger partial charge on any atom is -0.456 e. The van der Waals surface area contributed by atoms with Crippen molar-refractivity contribution in [1.82, 2.24) is 4.57 Å². The van der Waals surface area contributed by atoms with E-state index in [0.29, 0.717) is 24.3 Å². The molecule has 0 fully saturated rings. The van der Waals surface area contributed by atoms with Gasteiger partial charge in [0, 0.05) is 17.3 Å². The van der Waals surface area contributed by atoms with Crippen molar-refractivity contribution >= 4 is 34.6 Å². The number of aromatic nitrogens is 1. The van der Waals surface area contributed by atoms with Crippen LogP contribution in [0.2, 0.25) is 0 Å². The Labute approximate surface area is 178 Å². The van der Waals surface area contributed by atoms with Crippen molar-refractivity contribution in [2.75, 3.05) is 0 Å². The van der Waals surface area contributed by atoms with Crippen LogP contribution in [0.4, 0.5) is 0 Å². The summed E-state index contributed by atoms with van der Waals surface area (Å²) < 4.78 is 13.8. The minimum atomic E-state index is 0.376. The maximum Gasteiger partial charge on any atom is 0.336 e. The van der Waals surface area contributed by atoms with E-state index in [1.54, 1.807) is 0 Å². The second-order valence-electron chi connectivity index (χ2n) is 7.29. The van der Waals surface area contributed by atoms with E-state index in [1.807, 2.05) is 78.2 Å². The highest BCUT2D eigenvalue weighted by atomic mass is 16.6. The molecule has 31 heavy (non-hydrogen) atoms. The number of hydrogen-bond donors (Lipinski definition) is 0. The SMILES string of the molecule is C=c1/c(=C\c2ccc3oc4ccccc4c3c2)o/c(=N/OCc2ccccc2)n1CC. The van der Waals surface area contributed by atoms with Crippen LogP contribution in [0, 0.1) is 0 Å². The average Bonchev–Trinajstić information content (AvgIpc) is 3.31. The van der Waals surface area contributed by atoms with Crippen LogP contribution in [0.25, 0.3) is 34.6 Å². The molecule has 0 saturated carbocycles. The first-order chi connectivity index (χ1) is 15.2. The molecule has 5 aromatic rings. The monoisotopic (exact) mass is 410 g/mol. The number of fused-ring (bicyclic) bond motifs is 3. The molecule has 5 rings (SSSR count). The molecular formula is C26H22N2O3. The Kier molecular flexibility index (Phi) is 4.92. The van der Waals surface area contributed by atoms with E-state index in [0.717, 1.165) is 38.4 Å². The summed E-state index contributed by atoms with van der Waals surface area (Å²) in [6.45, 7) is 7.25. The normalized spacial score (nSPS) is 12.8. The van der Waals surface area contributed by atoms with Crippen LogP contribution in [0.5, 0.6) is 0 Å². The predicted molar refractivity (Wildman–Crippen MR) is 121 cm³/mol. The van der Waals surface area contributed by atoms with Gasteiger partial charge in [-0.15, -0.1) is 0 Å². The first kappa shape index (κ1) is 19.0. The number of rotatable bonds is 5. The summed E-state index contributed by atoms with van der Waals surface area (Å²) in [5.41, 5.74) is 4.83. The largest absolute Gasteiger partial charge is 0.456 e. The molecule has 0 N–H and O–H groups in total. The quantitative estimate of drug-likeness (QED) is 0.407. The maximum absolute atomic E-state index is 5.99. The summed E-state index contributed by atoms with van der Waals surface area (Å²) in [7, 11) is 0. The molecule has 0 radical (unpaired) electrons. The van der Waals surface area contributed by atoms with Crippen LogP contribution < -0.4 is 16.4 Å². The summed E-state index contributed by atoms with van der Waals surface area (Å²) in [6.07, 6.45) is 1.96. The number of furan rings is 1. The van der Waals surface area contributed by atoms with Gasteiger partial charge in [-0.3, -0.25) is 4.57 Å². The molecule has 0 spiro atoms. The minimum absolute atomic E-state index is 0.376. The highest BCUT2D eigenvalue weighted by Gasteiger charge is 2.07. The Morgan fingerprint density at radius 3 is 2.55 bits per heavy atom. The lowest BCUT2D eigenvalue weighted by molar-refractivity contribution is 0.105. The molecule has 0 saturated heterocycles. The standard InChI is InChI=1S/C26H22N2O3/c1-3-28-18(2)25(31-26(28)27-29-17-19-9-5-4-6-10-19)16-20-13-14-24-22(15-20)21-11-7-8-12-23(21)30-24/h4-16H,2-3,17H2,1H3/b25-16+,27-26+. The van der Waals surface area contributed by atoms with Gasteiger partial charge in [0.15, 0.2) is 5.42 Å². The fourth-order valence-electron chi connectivity index (χ4n) is 3.69. The highest BCUT2D eigenvalue weighted by Crippen LogP contribution is 2.29. The van der Waals surface area contributed by atoms with E-state index in [9.17, 15) is 0 Å². The van der Waals surface area contributed by atoms with Gasteiger partial charge < -0.3 is 13.7 Å². The molecule has 2 aromatic heterocycles. The average molecular weight is 410 g/mol. The number of hydrogen-bond acceptors (Lipinski definition) is 4. The summed E-state index contributed by atoms with van der Waals surface area (Å²) in [6, 6.07) is 24.0. The molecule has 0 amide bonds. The zero-order valence-corrected chi connectivity index (χ0v) is 17.2. The number of para-hydroxylation sites is 1. The van der Waals surface area contributed by atoms with Gasteiger partial charge in [-0.05, 0) is 47.5 Å². The Hall–Kier alpha value is -3.99. The lowest BCUT2D eigenvalue weighted by Crippen LogP contribution is -2.30. The van der Waals surface area contributed by atoms with E-state index >= 15 is 0 Å². The fraction of sp³-hybridized carbons (Fsp3) is 0.115. The Morgan fingerprint density at radius 2 is 1.71 bits per heavy atom. The maximum atomic E-state index is 5.99. The lowest BCUT2D eigenvalue weighted by Gasteiger charge is -1.98. The van der Waals surface area contributed by atoms with Crippen molar-refractivity contribution in [2.24, 2.45) is 5.16 Å². The molecule has 0 aliphatic heterocycles. The van der Waals surface area contributed by atoms with Crippen LogP contribution in [0.1, 0.15) is 18.1 Å². The van der Waals surface area contributed by atoms with Crippen LogP contribution in [-0.2, 0) is 18.0 Å². The van der Waals surface area contributed by atoms with Crippen LogP contribution in [0.15, 0.2) is 86.8 Å². The summed E-state index contributed by atoms with van der Waals surface area (Å²) in [5.74, 6) is 0. The van der Waals surface area contributed by atoms with Gasteiger partial charge in [-0.2, -0.15) is 0 Å².